The summed E-state index contributed by atoms with van der Waals surface area (Å²) >= 11 is 5.37. The third-order valence-electron chi connectivity index (χ3n) is 3.48. The van der Waals surface area contributed by atoms with Crippen molar-refractivity contribution in [2.75, 3.05) is 25.2 Å². The summed E-state index contributed by atoms with van der Waals surface area (Å²) in [5, 5.41) is 6.44. The average Bonchev–Trinajstić information content (AvgIpc) is 2.48. The van der Waals surface area contributed by atoms with E-state index in [0.29, 0.717) is 12.5 Å². The van der Waals surface area contributed by atoms with Gasteiger partial charge in [0, 0.05) is 30.5 Å². The third-order valence-corrected chi connectivity index (χ3v) is 5.23. The van der Waals surface area contributed by atoms with E-state index in [1.54, 1.807) is 7.11 Å². The van der Waals surface area contributed by atoms with E-state index in [4.69, 9.17) is 4.74 Å². The first kappa shape index (κ1) is 19.6. The number of hydrogen-bond acceptors (Lipinski definition) is 4. The van der Waals surface area contributed by atoms with E-state index in [-0.39, 0.29) is 24.4 Å². The fourth-order valence-electron chi connectivity index (χ4n) is 2.31. The first-order valence-corrected chi connectivity index (χ1v) is 8.99. The molecule has 1 saturated heterocycles. The van der Waals surface area contributed by atoms with Gasteiger partial charge in [-0.1, -0.05) is 6.07 Å². The van der Waals surface area contributed by atoms with Crippen LogP contribution in [0.3, 0.4) is 0 Å². The zero-order valence-corrected chi connectivity index (χ0v) is 15.9. The van der Waals surface area contributed by atoms with Gasteiger partial charge in [-0.25, -0.2) is 0 Å². The van der Waals surface area contributed by atoms with E-state index in [0.717, 1.165) is 33.8 Å². The second kappa shape index (κ2) is 9.65. The molecule has 2 unspecified atom stereocenters. The number of amides is 1. The van der Waals surface area contributed by atoms with Gasteiger partial charge >= 0.3 is 0 Å². The third kappa shape index (κ3) is 5.65. The molecule has 124 valence electrons. The molecule has 2 rings (SSSR count). The molecule has 0 spiro atoms. The average molecular weight is 410 g/mol. The van der Waals surface area contributed by atoms with Crippen LogP contribution in [-0.2, 0) is 4.79 Å². The van der Waals surface area contributed by atoms with Gasteiger partial charge in [-0.05, 0) is 40.5 Å². The molecule has 1 aromatic rings. The lowest BCUT2D eigenvalue weighted by molar-refractivity contribution is -0.122. The smallest absolute Gasteiger partial charge is 0.222 e. The molecule has 0 saturated carbocycles. The van der Waals surface area contributed by atoms with Crippen LogP contribution in [0.4, 0.5) is 0 Å². The van der Waals surface area contributed by atoms with Crippen molar-refractivity contribution in [1.82, 2.24) is 10.6 Å². The van der Waals surface area contributed by atoms with Crippen LogP contribution in [0.15, 0.2) is 22.7 Å². The largest absolute Gasteiger partial charge is 0.496 e. The Morgan fingerprint density at radius 1 is 1.59 bits per heavy atom. The van der Waals surface area contributed by atoms with Gasteiger partial charge in [0.1, 0.15) is 5.75 Å². The number of rotatable bonds is 5. The molecular weight excluding hydrogens is 388 g/mol. The van der Waals surface area contributed by atoms with E-state index >= 15 is 0 Å². The van der Waals surface area contributed by atoms with E-state index in [1.807, 2.05) is 36.9 Å². The number of carbonyl (C=O) groups is 1. The molecule has 0 aromatic heterocycles. The summed E-state index contributed by atoms with van der Waals surface area (Å²) in [4.78, 5) is 12.1. The normalized spacial score (nSPS) is 19.0. The number of ether oxygens (including phenoxy) is 1. The molecule has 2 atom stereocenters. The highest BCUT2D eigenvalue weighted by molar-refractivity contribution is 9.10. The minimum absolute atomic E-state index is 0. The molecule has 1 fully saturated rings. The number of halogens is 2. The molecule has 4 nitrogen and oxygen atoms in total. The Bertz CT molecular complexity index is 498. The van der Waals surface area contributed by atoms with Crippen molar-refractivity contribution in [2.45, 2.75) is 25.4 Å². The van der Waals surface area contributed by atoms with Crippen molar-refractivity contribution in [2.24, 2.45) is 0 Å². The predicted molar refractivity (Wildman–Crippen MR) is 98.2 cm³/mol. The van der Waals surface area contributed by atoms with E-state index < -0.39 is 0 Å². The van der Waals surface area contributed by atoms with Crippen molar-refractivity contribution >= 4 is 46.0 Å². The fourth-order valence-corrected chi connectivity index (χ4v) is 3.82. The van der Waals surface area contributed by atoms with E-state index in [9.17, 15) is 4.79 Å². The lowest BCUT2D eigenvalue weighted by Gasteiger charge is -2.23. The maximum atomic E-state index is 12.1. The zero-order chi connectivity index (χ0) is 15.2. The molecule has 1 heterocycles. The molecular formula is C15H22BrClN2O2S. The van der Waals surface area contributed by atoms with Gasteiger partial charge in [0.25, 0.3) is 0 Å². The Labute approximate surface area is 150 Å². The summed E-state index contributed by atoms with van der Waals surface area (Å²) in [6.45, 7) is 2.98. The number of benzene rings is 1. The van der Waals surface area contributed by atoms with Crippen LogP contribution in [0, 0.1) is 0 Å². The van der Waals surface area contributed by atoms with Crippen molar-refractivity contribution in [3.63, 3.8) is 0 Å². The Morgan fingerprint density at radius 2 is 2.36 bits per heavy atom. The number of methoxy groups -OCH3 is 1. The van der Waals surface area contributed by atoms with Gasteiger partial charge in [-0.15, -0.1) is 12.4 Å². The van der Waals surface area contributed by atoms with Gasteiger partial charge in [0.15, 0.2) is 0 Å². The first-order chi connectivity index (χ1) is 10.1. The minimum atomic E-state index is -0.0176. The zero-order valence-electron chi connectivity index (χ0n) is 12.7. The highest BCUT2D eigenvalue weighted by Crippen LogP contribution is 2.28. The van der Waals surface area contributed by atoms with Gasteiger partial charge in [0.05, 0.1) is 17.6 Å². The second-order valence-corrected chi connectivity index (χ2v) is 7.12. The molecule has 7 heteroatoms. The molecule has 2 N–H and O–H groups in total. The molecule has 1 aliphatic heterocycles. The first-order valence-electron chi connectivity index (χ1n) is 7.04. The topological polar surface area (TPSA) is 50.4 Å². The van der Waals surface area contributed by atoms with Gasteiger partial charge in [-0.3, -0.25) is 4.79 Å². The second-order valence-electron chi connectivity index (χ2n) is 5.11. The molecule has 0 aliphatic carbocycles. The van der Waals surface area contributed by atoms with Crippen LogP contribution >= 0.6 is 40.1 Å². The Hall–Kier alpha value is -0.430. The minimum Gasteiger partial charge on any atom is -0.496 e. The summed E-state index contributed by atoms with van der Waals surface area (Å²) in [5.41, 5.74) is 1.06. The molecule has 22 heavy (non-hydrogen) atoms. The highest BCUT2D eigenvalue weighted by atomic mass is 79.9. The van der Waals surface area contributed by atoms with Crippen LogP contribution in [0.1, 0.15) is 24.9 Å². The molecule has 1 aromatic carbocycles. The van der Waals surface area contributed by atoms with Crippen LogP contribution in [-0.4, -0.2) is 37.1 Å². The number of hydrogen-bond donors (Lipinski definition) is 2. The van der Waals surface area contributed by atoms with Crippen LogP contribution in [0.2, 0.25) is 0 Å². The standard InChI is InChI=1S/C15H21BrN2O2S.ClH/c1-10(11-3-4-14(20-2)13(16)7-11)18-15(19)8-12-9-21-6-5-17-12;/h3-4,7,10,12,17H,5-6,8-9H2,1-2H3,(H,18,19);1H. The SMILES string of the molecule is COc1ccc(C(C)NC(=O)CC2CSCCN2)cc1Br.Cl. The molecule has 1 amide bonds. The Kier molecular flexibility index (Phi) is 8.61. The number of carbonyl (C=O) groups excluding carboxylic acids is 1. The lowest BCUT2D eigenvalue weighted by atomic mass is 10.1. The Morgan fingerprint density at radius 3 is 2.95 bits per heavy atom. The summed E-state index contributed by atoms with van der Waals surface area (Å²) in [6, 6.07) is 6.14. The lowest BCUT2D eigenvalue weighted by Crippen LogP contribution is -2.41. The van der Waals surface area contributed by atoms with Crippen molar-refractivity contribution in [3.05, 3.63) is 28.2 Å². The summed E-state index contributed by atoms with van der Waals surface area (Å²) in [6.07, 6.45) is 0.536. The fraction of sp³-hybridized carbons (Fsp3) is 0.533. The predicted octanol–water partition coefficient (Wildman–Crippen LogP) is 3.15. The van der Waals surface area contributed by atoms with Crippen molar-refractivity contribution in [1.29, 1.82) is 0 Å². The summed E-state index contributed by atoms with van der Waals surface area (Å²) < 4.78 is 6.11. The van der Waals surface area contributed by atoms with Crippen LogP contribution in [0.5, 0.6) is 5.75 Å². The van der Waals surface area contributed by atoms with E-state index in [2.05, 4.69) is 26.6 Å². The number of nitrogens with one attached hydrogen (secondary N) is 2. The summed E-state index contributed by atoms with van der Waals surface area (Å²) in [7, 11) is 1.64. The van der Waals surface area contributed by atoms with Gasteiger partial charge < -0.3 is 15.4 Å². The van der Waals surface area contributed by atoms with Gasteiger partial charge in [0.2, 0.25) is 5.91 Å². The van der Waals surface area contributed by atoms with Crippen molar-refractivity contribution in [3.8, 4) is 5.75 Å². The maximum absolute atomic E-state index is 12.1. The quantitative estimate of drug-likeness (QED) is 0.784. The van der Waals surface area contributed by atoms with Gasteiger partial charge in [-0.2, -0.15) is 11.8 Å². The highest BCUT2D eigenvalue weighted by Gasteiger charge is 2.18. The molecule has 1 aliphatic rings. The van der Waals surface area contributed by atoms with Crippen molar-refractivity contribution < 1.29 is 9.53 Å². The number of thioether (sulfide) groups is 1. The summed E-state index contributed by atoms with van der Waals surface area (Å²) in [5.74, 6) is 3.03. The Balaban J connectivity index is 0.00000242. The maximum Gasteiger partial charge on any atom is 0.222 e. The van der Waals surface area contributed by atoms with E-state index in [1.165, 1.54) is 0 Å². The van der Waals surface area contributed by atoms with Crippen LogP contribution in [0.25, 0.3) is 0 Å². The molecule has 0 bridgehead atoms. The molecule has 0 radical (unpaired) electrons. The van der Waals surface area contributed by atoms with Crippen LogP contribution < -0.4 is 15.4 Å². The monoisotopic (exact) mass is 408 g/mol.